The topological polar surface area (TPSA) is 43.6 Å². The van der Waals surface area contributed by atoms with E-state index in [-0.39, 0.29) is 0 Å². The van der Waals surface area contributed by atoms with E-state index in [1.54, 1.807) is 23.1 Å². The summed E-state index contributed by atoms with van der Waals surface area (Å²) in [5.41, 5.74) is 4.75. The fourth-order valence-electron chi connectivity index (χ4n) is 2.74. The van der Waals surface area contributed by atoms with E-state index >= 15 is 0 Å². The van der Waals surface area contributed by atoms with Crippen LogP contribution in [0.25, 0.3) is 10.6 Å². The van der Waals surface area contributed by atoms with E-state index < -0.39 is 0 Å². The van der Waals surface area contributed by atoms with Crippen LogP contribution in [-0.2, 0) is 19.2 Å². The van der Waals surface area contributed by atoms with E-state index in [2.05, 4.69) is 75.6 Å². The van der Waals surface area contributed by atoms with Gasteiger partial charge in [0.05, 0.1) is 5.69 Å². The van der Waals surface area contributed by atoms with E-state index in [4.69, 9.17) is 4.98 Å². The van der Waals surface area contributed by atoms with E-state index in [9.17, 15) is 0 Å². The molecular weight excluding hydrogens is 372 g/mol. The number of hydrogen-bond acceptors (Lipinski definition) is 5. The van der Waals surface area contributed by atoms with Crippen LogP contribution in [-0.4, -0.2) is 19.7 Å². The Morgan fingerprint density at radius 1 is 1.00 bits per heavy atom. The summed E-state index contributed by atoms with van der Waals surface area (Å²) in [5, 5.41) is 12.8. The summed E-state index contributed by atoms with van der Waals surface area (Å²) >= 11 is 3.36. The van der Waals surface area contributed by atoms with Crippen LogP contribution in [0.4, 0.5) is 0 Å². The number of hydrogen-bond donors (Lipinski definition) is 0. The SMILES string of the molecule is Cc1ccc(-c2nc(CSc3nnc(Cc4ccccc4)n3C)cs2)cc1. The minimum atomic E-state index is 0.791. The first-order valence-electron chi connectivity index (χ1n) is 8.75. The monoisotopic (exact) mass is 392 g/mol. The second-order valence-corrected chi connectivity index (χ2v) is 8.22. The predicted octanol–water partition coefficient (Wildman–Crippen LogP) is 5.13. The van der Waals surface area contributed by atoms with Gasteiger partial charge in [-0.25, -0.2) is 4.98 Å². The maximum Gasteiger partial charge on any atom is 0.191 e. The number of nitrogens with zero attached hydrogens (tertiary/aromatic N) is 4. The van der Waals surface area contributed by atoms with Crippen molar-refractivity contribution in [1.29, 1.82) is 0 Å². The van der Waals surface area contributed by atoms with Crippen molar-refractivity contribution in [3.05, 3.63) is 82.6 Å². The summed E-state index contributed by atoms with van der Waals surface area (Å²) in [6.07, 6.45) is 0.791. The minimum absolute atomic E-state index is 0.791. The first kappa shape index (κ1) is 17.9. The zero-order chi connectivity index (χ0) is 18.6. The van der Waals surface area contributed by atoms with Crippen LogP contribution in [0.1, 0.15) is 22.6 Å². The van der Waals surface area contributed by atoms with E-state index in [0.717, 1.165) is 33.9 Å². The lowest BCUT2D eigenvalue weighted by Crippen LogP contribution is -2.00. The first-order valence-corrected chi connectivity index (χ1v) is 10.6. The standard InChI is InChI=1S/C21H20N4S2/c1-15-8-10-17(11-9-15)20-22-18(13-26-20)14-27-21-24-23-19(25(21)2)12-16-6-4-3-5-7-16/h3-11,13H,12,14H2,1-2H3. The largest absolute Gasteiger partial charge is 0.309 e. The number of thiazole rings is 1. The molecule has 0 aliphatic carbocycles. The maximum atomic E-state index is 4.77. The summed E-state index contributed by atoms with van der Waals surface area (Å²) in [6, 6.07) is 18.9. The van der Waals surface area contributed by atoms with Gasteiger partial charge in [-0.2, -0.15) is 0 Å². The molecule has 4 aromatic rings. The van der Waals surface area contributed by atoms with Crippen LogP contribution < -0.4 is 0 Å². The van der Waals surface area contributed by atoms with E-state index in [0.29, 0.717) is 0 Å². The van der Waals surface area contributed by atoms with Crippen LogP contribution in [0.15, 0.2) is 65.1 Å². The predicted molar refractivity (Wildman–Crippen MR) is 112 cm³/mol. The van der Waals surface area contributed by atoms with Gasteiger partial charge < -0.3 is 4.57 Å². The fraction of sp³-hybridized carbons (Fsp3) is 0.190. The van der Waals surface area contributed by atoms with Crippen LogP contribution in [0.2, 0.25) is 0 Å². The third-order valence-corrected chi connectivity index (χ3v) is 6.32. The van der Waals surface area contributed by atoms with Crippen LogP contribution in [0.3, 0.4) is 0 Å². The van der Waals surface area contributed by atoms with Gasteiger partial charge in [0.1, 0.15) is 10.8 Å². The van der Waals surface area contributed by atoms with Gasteiger partial charge in [-0.05, 0) is 12.5 Å². The molecule has 136 valence electrons. The van der Waals surface area contributed by atoms with Gasteiger partial charge in [0, 0.05) is 30.2 Å². The van der Waals surface area contributed by atoms with Gasteiger partial charge in [-0.1, -0.05) is 71.9 Å². The number of aromatic nitrogens is 4. The summed E-state index contributed by atoms with van der Waals surface area (Å²) in [7, 11) is 2.03. The van der Waals surface area contributed by atoms with Crippen molar-refractivity contribution in [3.63, 3.8) is 0 Å². The molecule has 4 rings (SSSR count). The van der Waals surface area contributed by atoms with Crippen molar-refractivity contribution < 1.29 is 0 Å². The zero-order valence-electron chi connectivity index (χ0n) is 15.3. The highest BCUT2D eigenvalue weighted by Gasteiger charge is 2.11. The quantitative estimate of drug-likeness (QED) is 0.427. The highest BCUT2D eigenvalue weighted by atomic mass is 32.2. The van der Waals surface area contributed by atoms with Crippen molar-refractivity contribution in [1.82, 2.24) is 19.7 Å². The van der Waals surface area contributed by atoms with Crippen LogP contribution in [0, 0.1) is 6.92 Å². The summed E-state index contributed by atoms with van der Waals surface area (Å²) < 4.78 is 2.07. The zero-order valence-corrected chi connectivity index (χ0v) is 16.9. The molecular formula is C21H20N4S2. The number of rotatable bonds is 6. The average Bonchev–Trinajstić information content (AvgIpc) is 3.29. The Kier molecular flexibility index (Phi) is 5.36. The Balaban J connectivity index is 1.41. The molecule has 0 spiro atoms. The molecule has 0 saturated heterocycles. The van der Waals surface area contributed by atoms with Crippen LogP contribution >= 0.6 is 23.1 Å². The molecule has 0 atom stereocenters. The van der Waals surface area contributed by atoms with E-state index in [1.165, 1.54) is 16.7 Å². The summed E-state index contributed by atoms with van der Waals surface area (Å²) in [5.74, 6) is 1.77. The Morgan fingerprint density at radius 2 is 1.78 bits per heavy atom. The second kappa shape index (κ2) is 8.06. The van der Waals surface area contributed by atoms with Crippen molar-refractivity contribution >= 4 is 23.1 Å². The lowest BCUT2D eigenvalue weighted by molar-refractivity contribution is 0.748. The van der Waals surface area contributed by atoms with Crippen molar-refractivity contribution in [2.45, 2.75) is 24.3 Å². The molecule has 2 aromatic carbocycles. The summed E-state index contributed by atoms with van der Waals surface area (Å²) in [4.78, 5) is 4.77. The number of aryl methyl sites for hydroxylation is 1. The van der Waals surface area contributed by atoms with Gasteiger partial charge in [0.2, 0.25) is 0 Å². The number of thioether (sulfide) groups is 1. The Morgan fingerprint density at radius 3 is 2.56 bits per heavy atom. The molecule has 0 bridgehead atoms. The second-order valence-electron chi connectivity index (χ2n) is 6.42. The van der Waals surface area contributed by atoms with Crippen LogP contribution in [0.5, 0.6) is 0 Å². The maximum absolute atomic E-state index is 4.77. The third-order valence-electron chi connectivity index (χ3n) is 4.33. The van der Waals surface area contributed by atoms with E-state index in [1.807, 2.05) is 13.1 Å². The number of benzene rings is 2. The highest BCUT2D eigenvalue weighted by Crippen LogP contribution is 2.27. The Bertz CT molecular complexity index is 1020. The molecule has 0 N–H and O–H groups in total. The van der Waals surface area contributed by atoms with Gasteiger partial charge in [0.25, 0.3) is 0 Å². The van der Waals surface area contributed by atoms with Gasteiger partial charge >= 0.3 is 0 Å². The molecule has 0 amide bonds. The molecule has 6 heteroatoms. The third kappa shape index (κ3) is 4.28. The lowest BCUT2D eigenvalue weighted by atomic mass is 10.1. The van der Waals surface area contributed by atoms with Crippen molar-refractivity contribution in [3.8, 4) is 10.6 Å². The molecule has 0 fully saturated rings. The molecule has 0 unspecified atom stereocenters. The molecule has 0 aliphatic rings. The normalized spacial score (nSPS) is 11.0. The summed E-state index contributed by atoms with van der Waals surface area (Å²) in [6.45, 7) is 2.10. The molecule has 2 aromatic heterocycles. The minimum Gasteiger partial charge on any atom is -0.309 e. The molecule has 0 radical (unpaired) electrons. The van der Waals surface area contributed by atoms with Gasteiger partial charge in [-0.3, -0.25) is 0 Å². The highest BCUT2D eigenvalue weighted by molar-refractivity contribution is 7.98. The van der Waals surface area contributed by atoms with Crippen molar-refractivity contribution in [2.75, 3.05) is 0 Å². The van der Waals surface area contributed by atoms with Gasteiger partial charge in [0.15, 0.2) is 5.16 Å². The molecule has 27 heavy (non-hydrogen) atoms. The molecule has 0 saturated carbocycles. The Hall–Kier alpha value is -2.44. The fourth-order valence-corrected chi connectivity index (χ4v) is 4.50. The molecule has 2 heterocycles. The smallest absolute Gasteiger partial charge is 0.191 e. The average molecular weight is 393 g/mol. The first-order chi connectivity index (χ1) is 13.2. The Labute approximate surface area is 167 Å². The lowest BCUT2D eigenvalue weighted by Gasteiger charge is -2.03. The van der Waals surface area contributed by atoms with Gasteiger partial charge in [-0.15, -0.1) is 21.5 Å². The molecule has 0 aliphatic heterocycles. The van der Waals surface area contributed by atoms with Crippen molar-refractivity contribution in [2.24, 2.45) is 7.05 Å². The molecule has 4 nitrogen and oxygen atoms in total.